The number of nitrogens with one attached hydrogen (secondary N) is 1. The summed E-state index contributed by atoms with van der Waals surface area (Å²) in [7, 11) is 1.60. The van der Waals surface area contributed by atoms with Crippen LogP contribution in [0.4, 0.5) is 11.4 Å². The molecule has 0 saturated carbocycles. The highest BCUT2D eigenvalue weighted by molar-refractivity contribution is 5.96. The van der Waals surface area contributed by atoms with E-state index in [0.717, 1.165) is 31.6 Å². The van der Waals surface area contributed by atoms with Crippen LogP contribution >= 0.6 is 0 Å². The highest BCUT2D eigenvalue weighted by Gasteiger charge is 2.23. The van der Waals surface area contributed by atoms with Crippen molar-refractivity contribution in [3.63, 3.8) is 0 Å². The van der Waals surface area contributed by atoms with Gasteiger partial charge in [0.2, 0.25) is 0 Å². The molecule has 0 aromatic heterocycles. The number of hydrogen-bond acceptors (Lipinski definition) is 4. The van der Waals surface area contributed by atoms with E-state index in [9.17, 15) is 4.79 Å². The molecule has 1 aliphatic heterocycles. The third-order valence-corrected chi connectivity index (χ3v) is 3.68. The summed E-state index contributed by atoms with van der Waals surface area (Å²) in [5.41, 5.74) is 8.23. The van der Waals surface area contributed by atoms with Crippen LogP contribution in [-0.4, -0.2) is 37.8 Å². The fraction of sp³-hybridized carbons (Fsp3) is 0.500. The number of carbonyl (C=O) groups is 1. The van der Waals surface area contributed by atoms with Crippen LogP contribution in [0, 0.1) is 5.92 Å². The summed E-state index contributed by atoms with van der Waals surface area (Å²) in [4.78, 5) is 13.8. The zero-order valence-electron chi connectivity index (χ0n) is 11.2. The smallest absolute Gasteiger partial charge is 0.251 e. The number of rotatable bonds is 4. The fourth-order valence-corrected chi connectivity index (χ4v) is 2.60. The second kappa shape index (κ2) is 5.93. The molecule has 19 heavy (non-hydrogen) atoms. The monoisotopic (exact) mass is 263 g/mol. The number of nitrogens with zero attached hydrogens (tertiary/aromatic N) is 1. The summed E-state index contributed by atoms with van der Waals surface area (Å²) < 4.78 is 0. The largest absolute Gasteiger partial charge is 0.397 e. The predicted molar refractivity (Wildman–Crippen MR) is 76.3 cm³/mol. The number of carbonyl (C=O) groups excluding carboxylic acids is 1. The lowest BCUT2D eigenvalue weighted by molar-refractivity contribution is 0.0963. The molecule has 5 nitrogen and oxygen atoms in total. The molecule has 1 saturated heterocycles. The number of amides is 1. The first kappa shape index (κ1) is 13.7. The van der Waals surface area contributed by atoms with Gasteiger partial charge in [0.05, 0.1) is 11.4 Å². The van der Waals surface area contributed by atoms with Gasteiger partial charge >= 0.3 is 0 Å². The van der Waals surface area contributed by atoms with E-state index < -0.39 is 0 Å². The maximum absolute atomic E-state index is 11.5. The van der Waals surface area contributed by atoms with Crippen molar-refractivity contribution < 1.29 is 9.90 Å². The molecule has 0 spiro atoms. The number of nitrogen functional groups attached to an aromatic ring is 1. The average Bonchev–Trinajstić information content (AvgIpc) is 2.86. The van der Waals surface area contributed by atoms with Gasteiger partial charge in [-0.25, -0.2) is 0 Å². The number of nitrogens with two attached hydrogens (primary N) is 1. The molecule has 1 atom stereocenters. The van der Waals surface area contributed by atoms with E-state index in [1.54, 1.807) is 19.2 Å². The van der Waals surface area contributed by atoms with Crippen molar-refractivity contribution in [1.82, 2.24) is 5.32 Å². The molecule has 0 bridgehead atoms. The summed E-state index contributed by atoms with van der Waals surface area (Å²) in [5.74, 6) is 0.404. The van der Waals surface area contributed by atoms with Crippen LogP contribution in [0.3, 0.4) is 0 Å². The number of anilines is 2. The third-order valence-electron chi connectivity index (χ3n) is 3.68. The van der Waals surface area contributed by atoms with Crippen LogP contribution in [-0.2, 0) is 0 Å². The SMILES string of the molecule is CNC(=O)c1ccc(N2CCC(CCO)C2)c(N)c1. The van der Waals surface area contributed by atoms with E-state index in [2.05, 4.69) is 10.2 Å². The molecular weight excluding hydrogens is 242 g/mol. The quantitative estimate of drug-likeness (QED) is 0.703. The Kier molecular flexibility index (Phi) is 4.27. The lowest BCUT2D eigenvalue weighted by atomic mass is 10.1. The number of benzene rings is 1. The Morgan fingerprint density at radius 1 is 1.58 bits per heavy atom. The molecule has 5 heteroatoms. The van der Waals surface area contributed by atoms with E-state index in [0.29, 0.717) is 17.2 Å². The van der Waals surface area contributed by atoms with Gasteiger partial charge < -0.3 is 21.1 Å². The molecule has 1 aromatic rings. The predicted octanol–water partition coefficient (Wildman–Crippen LogP) is 0.837. The van der Waals surface area contributed by atoms with Crippen LogP contribution in [0.1, 0.15) is 23.2 Å². The van der Waals surface area contributed by atoms with Gasteiger partial charge in [-0.1, -0.05) is 0 Å². The van der Waals surface area contributed by atoms with Crippen molar-refractivity contribution in [2.45, 2.75) is 12.8 Å². The lowest BCUT2D eigenvalue weighted by Crippen LogP contribution is -2.22. The standard InChI is InChI=1S/C14H21N3O2/c1-16-14(19)11-2-3-13(12(15)8-11)17-6-4-10(9-17)5-7-18/h2-3,8,10,18H,4-7,9,15H2,1H3,(H,16,19). The van der Waals surface area contributed by atoms with Crippen molar-refractivity contribution in [3.05, 3.63) is 23.8 Å². The van der Waals surface area contributed by atoms with Crippen molar-refractivity contribution in [1.29, 1.82) is 0 Å². The molecule has 104 valence electrons. The van der Waals surface area contributed by atoms with Gasteiger partial charge in [0.15, 0.2) is 0 Å². The molecule has 1 heterocycles. The van der Waals surface area contributed by atoms with E-state index in [1.165, 1.54) is 0 Å². The first-order valence-corrected chi connectivity index (χ1v) is 6.63. The highest BCUT2D eigenvalue weighted by Crippen LogP contribution is 2.30. The van der Waals surface area contributed by atoms with Crippen LogP contribution in [0.15, 0.2) is 18.2 Å². The number of aliphatic hydroxyl groups excluding tert-OH is 1. The Hall–Kier alpha value is -1.75. The first-order chi connectivity index (χ1) is 9.15. The molecule has 2 rings (SSSR count). The number of hydrogen-bond donors (Lipinski definition) is 3. The van der Waals surface area contributed by atoms with Gasteiger partial charge in [0.25, 0.3) is 5.91 Å². The normalized spacial score (nSPS) is 18.6. The summed E-state index contributed by atoms with van der Waals surface area (Å²) in [6, 6.07) is 5.42. The average molecular weight is 263 g/mol. The topological polar surface area (TPSA) is 78.6 Å². The fourth-order valence-electron chi connectivity index (χ4n) is 2.60. The Balaban J connectivity index is 2.11. The summed E-state index contributed by atoms with van der Waals surface area (Å²) in [6.45, 7) is 2.11. The minimum atomic E-state index is -0.127. The molecule has 1 unspecified atom stereocenters. The second-order valence-electron chi connectivity index (χ2n) is 4.97. The van der Waals surface area contributed by atoms with Crippen LogP contribution < -0.4 is 16.0 Å². The third kappa shape index (κ3) is 2.98. The Morgan fingerprint density at radius 3 is 3.00 bits per heavy atom. The van der Waals surface area contributed by atoms with E-state index in [-0.39, 0.29) is 12.5 Å². The molecule has 1 aliphatic rings. The summed E-state index contributed by atoms with van der Waals surface area (Å²) in [6.07, 6.45) is 1.92. The van der Waals surface area contributed by atoms with E-state index in [4.69, 9.17) is 10.8 Å². The minimum Gasteiger partial charge on any atom is -0.397 e. The second-order valence-corrected chi connectivity index (χ2v) is 4.97. The molecule has 1 amide bonds. The first-order valence-electron chi connectivity index (χ1n) is 6.63. The van der Waals surface area contributed by atoms with Crippen molar-refractivity contribution in [3.8, 4) is 0 Å². The van der Waals surface area contributed by atoms with Gasteiger partial charge in [-0.3, -0.25) is 4.79 Å². The minimum absolute atomic E-state index is 0.127. The maximum Gasteiger partial charge on any atom is 0.251 e. The van der Waals surface area contributed by atoms with Crippen LogP contribution in [0.5, 0.6) is 0 Å². The van der Waals surface area contributed by atoms with Crippen molar-refractivity contribution >= 4 is 17.3 Å². The maximum atomic E-state index is 11.5. The molecule has 0 aliphatic carbocycles. The molecular formula is C14H21N3O2. The molecule has 1 fully saturated rings. The molecule has 1 aromatic carbocycles. The van der Waals surface area contributed by atoms with Crippen LogP contribution in [0.25, 0.3) is 0 Å². The highest BCUT2D eigenvalue weighted by atomic mass is 16.3. The Bertz CT molecular complexity index is 462. The van der Waals surface area contributed by atoms with Gasteiger partial charge in [0.1, 0.15) is 0 Å². The molecule has 0 radical (unpaired) electrons. The van der Waals surface area contributed by atoms with E-state index in [1.807, 2.05) is 6.07 Å². The number of aliphatic hydroxyl groups is 1. The van der Waals surface area contributed by atoms with Gasteiger partial charge in [-0.2, -0.15) is 0 Å². The lowest BCUT2D eigenvalue weighted by Gasteiger charge is -2.21. The van der Waals surface area contributed by atoms with Gasteiger partial charge in [-0.05, 0) is 37.0 Å². The van der Waals surface area contributed by atoms with Crippen molar-refractivity contribution in [2.24, 2.45) is 5.92 Å². The Morgan fingerprint density at radius 2 is 2.37 bits per heavy atom. The van der Waals surface area contributed by atoms with Crippen LogP contribution in [0.2, 0.25) is 0 Å². The van der Waals surface area contributed by atoms with Crippen molar-refractivity contribution in [2.75, 3.05) is 37.4 Å². The zero-order chi connectivity index (χ0) is 13.8. The molecule has 4 N–H and O–H groups in total. The zero-order valence-corrected chi connectivity index (χ0v) is 11.2. The summed E-state index contributed by atoms with van der Waals surface area (Å²) >= 11 is 0. The summed E-state index contributed by atoms with van der Waals surface area (Å²) in [5, 5.41) is 11.6. The van der Waals surface area contributed by atoms with E-state index >= 15 is 0 Å². The Labute approximate surface area is 113 Å². The van der Waals surface area contributed by atoms with Gasteiger partial charge in [0, 0.05) is 32.3 Å². The van der Waals surface area contributed by atoms with Gasteiger partial charge in [-0.15, -0.1) is 0 Å².